The van der Waals surface area contributed by atoms with Crippen molar-refractivity contribution in [2.24, 2.45) is 0 Å². The number of likely N-dealkylation sites (tertiary alicyclic amines) is 1. The molecule has 0 radical (unpaired) electrons. The van der Waals surface area contributed by atoms with Crippen molar-refractivity contribution >= 4 is 34.7 Å². The van der Waals surface area contributed by atoms with Crippen molar-refractivity contribution in [3.8, 4) is 32.3 Å². The smallest absolute Gasteiger partial charge is 0.410 e. The van der Waals surface area contributed by atoms with Gasteiger partial charge in [0.15, 0.2) is 0 Å². The van der Waals surface area contributed by atoms with Crippen molar-refractivity contribution in [3.05, 3.63) is 68.7 Å². The van der Waals surface area contributed by atoms with Gasteiger partial charge in [-0.2, -0.15) is 0 Å². The first-order chi connectivity index (χ1) is 21.9. The summed E-state index contributed by atoms with van der Waals surface area (Å²) in [5.41, 5.74) is 8.28. The molecule has 0 spiro atoms. The first-order valence-electron chi connectivity index (χ1n) is 15.8. The van der Waals surface area contributed by atoms with Gasteiger partial charge in [-0.05, 0) is 63.3 Å². The van der Waals surface area contributed by atoms with Crippen LogP contribution in [0.1, 0.15) is 59.5 Å². The molecule has 3 aliphatic rings. The molecule has 1 unspecified atom stereocenters. The number of hydrogen-bond acceptors (Lipinski definition) is 9. The Hall–Kier alpha value is -3.64. The van der Waals surface area contributed by atoms with Gasteiger partial charge in [0.25, 0.3) is 0 Å². The van der Waals surface area contributed by atoms with Gasteiger partial charge in [0.1, 0.15) is 15.6 Å². The first-order valence-corrected chi connectivity index (χ1v) is 17.4. The minimum Gasteiger partial charge on any atom is -0.444 e. The van der Waals surface area contributed by atoms with Crippen molar-refractivity contribution in [2.45, 2.75) is 78.9 Å². The maximum Gasteiger partial charge on any atom is 0.410 e. The van der Waals surface area contributed by atoms with Crippen LogP contribution >= 0.6 is 22.7 Å². The number of aliphatic hydroxyl groups is 1. The average Bonchev–Trinajstić information content (AvgIpc) is 3.79. The molecule has 1 N–H and O–H groups in total. The quantitative estimate of drug-likeness (QED) is 0.266. The third-order valence-electron chi connectivity index (χ3n) is 8.94. The highest BCUT2D eigenvalue weighted by Gasteiger charge is 2.32. The van der Waals surface area contributed by atoms with Gasteiger partial charge in [0, 0.05) is 34.0 Å². The number of ether oxygens (including phenoxy) is 1. The highest BCUT2D eigenvalue weighted by atomic mass is 32.1. The third kappa shape index (κ3) is 5.97. The standard InChI is InChI=1S/C35H39N5O4S2/c1-20-23(8-6-10-25(20)32-36-27-15-39(17-29(27)45-32)31(42)19-38-13-12-22(41)14-38)24-9-7-11-26(21(24)2)33-37-28-16-40(18-30(28)46-33)34(43)44-35(3,4)5/h6-11,22,41H,12-19H2,1-5H3. The Morgan fingerprint density at radius 1 is 0.848 bits per heavy atom. The molecular weight excluding hydrogens is 619 g/mol. The number of aromatic nitrogens is 2. The number of carbonyl (C=O) groups excluding carboxylic acids is 2. The van der Waals surface area contributed by atoms with Crippen LogP contribution in [0, 0.1) is 13.8 Å². The molecule has 0 aliphatic carbocycles. The molecule has 11 heteroatoms. The minimum atomic E-state index is -0.528. The monoisotopic (exact) mass is 657 g/mol. The fourth-order valence-electron chi connectivity index (χ4n) is 6.51. The summed E-state index contributed by atoms with van der Waals surface area (Å²) >= 11 is 3.33. The molecule has 2 aromatic heterocycles. The number of β-amino-alcohol motifs (C(OH)–C–C–N with tert-alkyl or cyclic N) is 1. The molecule has 1 saturated heterocycles. The van der Waals surface area contributed by atoms with Crippen LogP contribution in [0.15, 0.2) is 36.4 Å². The molecule has 46 heavy (non-hydrogen) atoms. The second-order valence-corrected chi connectivity index (χ2v) is 15.7. The molecule has 0 saturated carbocycles. The van der Waals surface area contributed by atoms with E-state index in [9.17, 15) is 14.7 Å². The number of aliphatic hydroxyl groups excluding tert-OH is 1. The largest absolute Gasteiger partial charge is 0.444 e. The van der Waals surface area contributed by atoms with Gasteiger partial charge in [-0.25, -0.2) is 14.8 Å². The lowest BCUT2D eigenvalue weighted by Gasteiger charge is -2.24. The van der Waals surface area contributed by atoms with E-state index in [4.69, 9.17) is 14.7 Å². The van der Waals surface area contributed by atoms with Gasteiger partial charge < -0.3 is 14.7 Å². The van der Waals surface area contributed by atoms with E-state index in [0.29, 0.717) is 39.3 Å². The Balaban J connectivity index is 1.08. The molecule has 240 valence electrons. The molecule has 7 rings (SSSR count). The van der Waals surface area contributed by atoms with Crippen molar-refractivity contribution in [3.63, 3.8) is 0 Å². The summed E-state index contributed by atoms with van der Waals surface area (Å²) in [6.07, 6.45) is 0.105. The summed E-state index contributed by atoms with van der Waals surface area (Å²) in [5.74, 6) is 0.0974. The Morgan fingerprint density at radius 2 is 1.37 bits per heavy atom. The van der Waals surface area contributed by atoms with Gasteiger partial charge in [-0.1, -0.05) is 36.4 Å². The lowest BCUT2D eigenvalue weighted by atomic mass is 9.91. The van der Waals surface area contributed by atoms with Gasteiger partial charge >= 0.3 is 6.09 Å². The summed E-state index contributed by atoms with van der Waals surface area (Å²) in [4.78, 5) is 43.4. The van der Waals surface area contributed by atoms with Crippen LogP contribution in [0.3, 0.4) is 0 Å². The van der Waals surface area contributed by atoms with Crippen LogP contribution < -0.4 is 0 Å². The topological polar surface area (TPSA) is 99.1 Å². The first kappa shape index (κ1) is 31.0. The number of thiazole rings is 2. The Morgan fingerprint density at radius 3 is 1.87 bits per heavy atom. The van der Waals surface area contributed by atoms with Crippen LogP contribution in [0.25, 0.3) is 32.3 Å². The van der Waals surface area contributed by atoms with Gasteiger partial charge in [-0.15, -0.1) is 22.7 Å². The zero-order chi connectivity index (χ0) is 32.3. The van der Waals surface area contributed by atoms with Crippen LogP contribution in [0.4, 0.5) is 4.79 Å². The van der Waals surface area contributed by atoms with E-state index in [1.54, 1.807) is 27.6 Å². The van der Waals surface area contributed by atoms with Gasteiger partial charge in [0.2, 0.25) is 5.91 Å². The zero-order valence-corrected chi connectivity index (χ0v) is 28.6. The number of hydrogen-bond donors (Lipinski definition) is 1. The van der Waals surface area contributed by atoms with E-state index in [0.717, 1.165) is 66.4 Å². The van der Waals surface area contributed by atoms with Crippen molar-refractivity contribution in [1.29, 1.82) is 0 Å². The van der Waals surface area contributed by atoms with E-state index in [2.05, 4.69) is 50.2 Å². The molecule has 2 aromatic carbocycles. The average molecular weight is 658 g/mol. The van der Waals surface area contributed by atoms with E-state index in [1.807, 2.05) is 30.6 Å². The van der Waals surface area contributed by atoms with Crippen LogP contribution in [0.2, 0.25) is 0 Å². The molecular formula is C35H39N5O4S2. The predicted molar refractivity (Wildman–Crippen MR) is 180 cm³/mol. The normalized spacial score (nSPS) is 17.9. The number of benzene rings is 2. The maximum atomic E-state index is 12.9. The molecule has 9 nitrogen and oxygen atoms in total. The van der Waals surface area contributed by atoms with Crippen LogP contribution in [0.5, 0.6) is 0 Å². The Labute approximate surface area is 277 Å². The van der Waals surface area contributed by atoms with Gasteiger partial charge in [-0.3, -0.25) is 14.6 Å². The van der Waals surface area contributed by atoms with Crippen molar-refractivity contribution in [1.82, 2.24) is 24.7 Å². The fraction of sp³-hybridized carbons (Fsp3) is 0.429. The highest BCUT2D eigenvalue weighted by Crippen LogP contribution is 2.41. The summed E-state index contributed by atoms with van der Waals surface area (Å²) < 4.78 is 5.57. The number of carbonyl (C=O) groups is 2. The second kappa shape index (κ2) is 11.9. The van der Waals surface area contributed by atoms with Crippen LogP contribution in [-0.4, -0.2) is 73.1 Å². The van der Waals surface area contributed by atoms with Crippen molar-refractivity contribution < 1.29 is 19.4 Å². The van der Waals surface area contributed by atoms with E-state index in [-0.39, 0.29) is 18.1 Å². The van der Waals surface area contributed by atoms with E-state index >= 15 is 0 Å². The molecule has 1 atom stereocenters. The lowest BCUT2D eigenvalue weighted by Crippen LogP contribution is -2.37. The second-order valence-electron chi connectivity index (χ2n) is 13.5. The molecule has 2 amide bonds. The number of fused-ring (bicyclic) bond motifs is 2. The van der Waals surface area contributed by atoms with Crippen molar-refractivity contribution in [2.75, 3.05) is 19.6 Å². The Kier molecular flexibility index (Phi) is 7.99. The minimum absolute atomic E-state index is 0.0974. The molecule has 3 aliphatic heterocycles. The summed E-state index contributed by atoms with van der Waals surface area (Å²) in [7, 11) is 0. The number of amides is 2. The molecule has 1 fully saturated rings. The lowest BCUT2D eigenvalue weighted by molar-refractivity contribution is -0.132. The third-order valence-corrected chi connectivity index (χ3v) is 11.2. The van der Waals surface area contributed by atoms with E-state index < -0.39 is 5.60 Å². The van der Waals surface area contributed by atoms with Crippen LogP contribution in [-0.2, 0) is 35.7 Å². The highest BCUT2D eigenvalue weighted by molar-refractivity contribution is 7.15. The number of rotatable bonds is 5. The fourth-order valence-corrected chi connectivity index (χ4v) is 8.85. The summed E-state index contributed by atoms with van der Waals surface area (Å²) in [6.45, 7) is 13.8. The summed E-state index contributed by atoms with van der Waals surface area (Å²) in [6, 6.07) is 12.8. The van der Waals surface area contributed by atoms with E-state index in [1.165, 1.54) is 11.1 Å². The van der Waals surface area contributed by atoms with Gasteiger partial charge in [0.05, 0.1) is 50.2 Å². The molecule has 5 heterocycles. The zero-order valence-electron chi connectivity index (χ0n) is 26.9. The SMILES string of the molecule is Cc1c(-c2nc3c(s2)CN(C(=O)CN2CCC(O)C2)C3)cccc1-c1cccc(-c2nc3c(s2)CN(C(=O)OC(C)(C)C)C3)c1C. The molecule has 4 aromatic rings. The Bertz CT molecular complexity index is 1790. The predicted octanol–water partition coefficient (Wildman–Crippen LogP) is 6.38. The summed E-state index contributed by atoms with van der Waals surface area (Å²) in [5, 5.41) is 11.8. The number of nitrogens with zero attached hydrogens (tertiary/aromatic N) is 5. The maximum absolute atomic E-state index is 12.9. The molecule has 0 bridgehead atoms.